The van der Waals surface area contributed by atoms with Crippen molar-refractivity contribution in [1.29, 1.82) is 0 Å². The van der Waals surface area contributed by atoms with Crippen molar-refractivity contribution in [3.63, 3.8) is 0 Å². The summed E-state index contributed by atoms with van der Waals surface area (Å²) in [6.07, 6.45) is 10.7. The molecule has 0 spiro atoms. The third-order valence-electron chi connectivity index (χ3n) is 7.40. The van der Waals surface area contributed by atoms with E-state index in [1.165, 1.54) is 11.3 Å². The Morgan fingerprint density at radius 1 is 0.967 bits per heavy atom. The van der Waals surface area contributed by atoms with Crippen molar-refractivity contribution in [1.82, 2.24) is 15.5 Å². The second-order valence-corrected chi connectivity index (χ2v) is 9.16. The lowest BCUT2D eigenvalue weighted by Gasteiger charge is -2.29. The van der Waals surface area contributed by atoms with Crippen molar-refractivity contribution < 1.29 is 14.4 Å². The molecule has 0 aromatic heterocycles. The van der Waals surface area contributed by atoms with Crippen molar-refractivity contribution in [2.45, 2.75) is 50.6 Å². The number of urea groups is 1. The standard InChI is InChI=1S/C24H29N3O3/c28-22-20-16-11-12-17(13-16)21(20)23(29)27(22)19(15-7-3-1-4-8-15)14-25-24(30)26-18-9-5-2-6-10-18/h1,3-4,7-8,11-12,16-21H,2,5-6,9-10,13-14H2,(H2,25,26,30). The number of nitrogens with one attached hydrogen (secondary N) is 2. The molecule has 5 atom stereocenters. The summed E-state index contributed by atoms with van der Waals surface area (Å²) in [5.74, 6) is -0.249. The molecule has 1 saturated heterocycles. The first-order valence-corrected chi connectivity index (χ1v) is 11.3. The van der Waals surface area contributed by atoms with E-state index in [0.717, 1.165) is 37.7 Å². The third kappa shape index (κ3) is 3.32. The van der Waals surface area contributed by atoms with Crippen LogP contribution in [0.5, 0.6) is 0 Å². The summed E-state index contributed by atoms with van der Waals surface area (Å²) in [7, 11) is 0. The lowest BCUT2D eigenvalue weighted by atomic mass is 9.85. The average molecular weight is 408 g/mol. The van der Waals surface area contributed by atoms with Crippen LogP contribution in [0.25, 0.3) is 0 Å². The molecule has 2 bridgehead atoms. The highest BCUT2D eigenvalue weighted by molar-refractivity contribution is 6.06. The van der Waals surface area contributed by atoms with Crippen LogP contribution in [0.4, 0.5) is 4.79 Å². The molecule has 30 heavy (non-hydrogen) atoms. The third-order valence-corrected chi connectivity index (χ3v) is 7.40. The number of rotatable bonds is 5. The van der Waals surface area contributed by atoms with E-state index in [1.54, 1.807) is 0 Å². The smallest absolute Gasteiger partial charge is 0.315 e. The molecule has 3 aliphatic carbocycles. The topological polar surface area (TPSA) is 78.5 Å². The van der Waals surface area contributed by atoms with Gasteiger partial charge in [0.05, 0.1) is 17.9 Å². The number of hydrogen-bond acceptors (Lipinski definition) is 3. The van der Waals surface area contributed by atoms with Crippen molar-refractivity contribution in [3.05, 3.63) is 48.0 Å². The molecule has 5 unspecified atom stereocenters. The lowest BCUT2D eigenvalue weighted by Crippen LogP contribution is -2.47. The summed E-state index contributed by atoms with van der Waals surface area (Å²) in [5, 5.41) is 5.99. The van der Waals surface area contributed by atoms with Gasteiger partial charge in [-0.3, -0.25) is 14.5 Å². The van der Waals surface area contributed by atoms with E-state index in [-0.39, 0.29) is 54.1 Å². The van der Waals surface area contributed by atoms with Crippen LogP contribution in [-0.2, 0) is 9.59 Å². The molecule has 0 radical (unpaired) electrons. The number of amides is 4. The SMILES string of the molecule is O=C(NCC(c1ccccc1)N1C(=O)C2C3C=CC(C3)C2C1=O)NC1CCCCC1. The second kappa shape index (κ2) is 7.89. The number of likely N-dealkylation sites (tertiary alicyclic amines) is 1. The second-order valence-electron chi connectivity index (χ2n) is 9.16. The van der Waals surface area contributed by atoms with E-state index in [4.69, 9.17) is 0 Å². The average Bonchev–Trinajstić information content (AvgIpc) is 3.45. The van der Waals surface area contributed by atoms with E-state index in [0.29, 0.717) is 0 Å². The van der Waals surface area contributed by atoms with Gasteiger partial charge in [-0.2, -0.15) is 0 Å². The summed E-state index contributed by atoms with van der Waals surface area (Å²) in [6.45, 7) is 0.224. The fourth-order valence-electron chi connectivity index (χ4n) is 5.94. The zero-order chi connectivity index (χ0) is 20.7. The summed E-state index contributed by atoms with van der Waals surface area (Å²) in [6, 6.07) is 9.08. The van der Waals surface area contributed by atoms with Gasteiger partial charge in [0.25, 0.3) is 0 Å². The summed E-state index contributed by atoms with van der Waals surface area (Å²) in [4.78, 5) is 40.6. The molecule has 1 aromatic rings. The molecule has 6 heteroatoms. The monoisotopic (exact) mass is 407 g/mol. The number of fused-ring (bicyclic) bond motifs is 5. The maximum atomic E-state index is 13.3. The molecule has 4 amide bonds. The lowest BCUT2D eigenvalue weighted by molar-refractivity contribution is -0.143. The number of hydrogen-bond donors (Lipinski definition) is 2. The number of carbonyl (C=O) groups is 3. The predicted molar refractivity (Wildman–Crippen MR) is 112 cm³/mol. The molecule has 4 aliphatic rings. The molecule has 5 rings (SSSR count). The number of nitrogens with zero attached hydrogens (tertiary/aromatic N) is 1. The van der Waals surface area contributed by atoms with Crippen molar-refractivity contribution >= 4 is 17.8 Å². The molecular weight excluding hydrogens is 378 g/mol. The summed E-state index contributed by atoms with van der Waals surface area (Å²) in [5.41, 5.74) is 0.873. The molecule has 1 heterocycles. The Hall–Kier alpha value is -2.63. The van der Waals surface area contributed by atoms with Crippen LogP contribution in [-0.4, -0.2) is 35.3 Å². The first-order chi connectivity index (χ1) is 14.6. The normalized spacial score (nSPS) is 31.1. The Balaban J connectivity index is 1.32. The van der Waals surface area contributed by atoms with E-state index in [1.807, 2.05) is 30.3 Å². The zero-order valence-electron chi connectivity index (χ0n) is 17.1. The number of allylic oxidation sites excluding steroid dienone is 2. The molecule has 1 aliphatic heterocycles. The number of imide groups is 1. The maximum absolute atomic E-state index is 13.3. The maximum Gasteiger partial charge on any atom is 0.315 e. The van der Waals surface area contributed by atoms with E-state index in [2.05, 4.69) is 22.8 Å². The summed E-state index contributed by atoms with van der Waals surface area (Å²) < 4.78 is 0. The van der Waals surface area contributed by atoms with Crippen LogP contribution in [0.2, 0.25) is 0 Å². The van der Waals surface area contributed by atoms with Gasteiger partial charge in [-0.1, -0.05) is 61.7 Å². The van der Waals surface area contributed by atoms with Crippen LogP contribution >= 0.6 is 0 Å². The Labute approximate surface area is 177 Å². The minimum Gasteiger partial charge on any atom is -0.336 e. The first-order valence-electron chi connectivity index (χ1n) is 11.3. The highest BCUT2D eigenvalue weighted by Gasteiger charge is 2.60. The van der Waals surface area contributed by atoms with Gasteiger partial charge in [-0.15, -0.1) is 0 Å². The Bertz CT molecular complexity index is 832. The van der Waals surface area contributed by atoms with Crippen molar-refractivity contribution in [2.24, 2.45) is 23.7 Å². The van der Waals surface area contributed by atoms with E-state index in [9.17, 15) is 14.4 Å². The van der Waals surface area contributed by atoms with Crippen molar-refractivity contribution in [2.75, 3.05) is 6.54 Å². The van der Waals surface area contributed by atoms with E-state index < -0.39 is 6.04 Å². The largest absolute Gasteiger partial charge is 0.336 e. The van der Waals surface area contributed by atoms with Gasteiger partial charge >= 0.3 is 6.03 Å². The predicted octanol–water partition coefficient (Wildman–Crippen LogP) is 3.17. The highest BCUT2D eigenvalue weighted by atomic mass is 16.2. The zero-order valence-corrected chi connectivity index (χ0v) is 17.1. The Morgan fingerprint density at radius 3 is 2.23 bits per heavy atom. The number of benzene rings is 1. The first kappa shape index (κ1) is 19.3. The molecule has 2 saturated carbocycles. The van der Waals surface area contributed by atoms with E-state index >= 15 is 0 Å². The van der Waals surface area contributed by atoms with Gasteiger partial charge < -0.3 is 10.6 Å². The Kier molecular flexibility index (Phi) is 5.09. The van der Waals surface area contributed by atoms with Gasteiger partial charge in [-0.05, 0) is 36.7 Å². The van der Waals surface area contributed by atoms with Gasteiger partial charge in [0.2, 0.25) is 11.8 Å². The van der Waals surface area contributed by atoms with Crippen LogP contribution in [0, 0.1) is 23.7 Å². The number of carbonyl (C=O) groups excluding carboxylic acids is 3. The van der Waals surface area contributed by atoms with Crippen LogP contribution in [0.15, 0.2) is 42.5 Å². The molecule has 6 nitrogen and oxygen atoms in total. The minimum atomic E-state index is -0.478. The minimum absolute atomic E-state index is 0.0785. The van der Waals surface area contributed by atoms with Gasteiger partial charge in [0, 0.05) is 12.6 Å². The molecule has 1 aromatic carbocycles. The van der Waals surface area contributed by atoms with Gasteiger partial charge in [-0.25, -0.2) is 4.79 Å². The summed E-state index contributed by atoms with van der Waals surface area (Å²) >= 11 is 0. The highest BCUT2D eigenvalue weighted by Crippen LogP contribution is 2.53. The van der Waals surface area contributed by atoms with Crippen LogP contribution in [0.1, 0.15) is 50.1 Å². The fourth-order valence-corrected chi connectivity index (χ4v) is 5.94. The van der Waals surface area contributed by atoms with Gasteiger partial charge in [0.1, 0.15) is 0 Å². The molecule has 3 fully saturated rings. The Morgan fingerprint density at radius 2 is 1.60 bits per heavy atom. The molecule has 158 valence electrons. The van der Waals surface area contributed by atoms with Crippen molar-refractivity contribution in [3.8, 4) is 0 Å². The quantitative estimate of drug-likeness (QED) is 0.581. The fraction of sp³-hybridized carbons (Fsp3) is 0.542. The molecular formula is C24H29N3O3. The van der Waals surface area contributed by atoms with Gasteiger partial charge in [0.15, 0.2) is 0 Å². The van der Waals surface area contributed by atoms with Crippen LogP contribution < -0.4 is 10.6 Å². The molecule has 2 N–H and O–H groups in total. The van der Waals surface area contributed by atoms with Crippen LogP contribution in [0.3, 0.4) is 0 Å².